The summed E-state index contributed by atoms with van der Waals surface area (Å²) in [6.45, 7) is 0. The Morgan fingerprint density at radius 2 is 1.50 bits per heavy atom. The molecule has 0 radical (unpaired) electrons. The first-order valence-electron chi connectivity index (χ1n) is 8.72. The maximum absolute atomic E-state index is 11.9. The van der Waals surface area contributed by atoms with Gasteiger partial charge in [0.05, 0.1) is 10.7 Å². The molecule has 0 atom stereocenters. The maximum atomic E-state index is 11.9. The SMILES string of the molecule is O=C(/C=C/c1ccccc1Cl)NC(=S)NNC(=O)CCC(=O)Nc1ccccc1Cl. The van der Waals surface area contributed by atoms with Gasteiger partial charge >= 0.3 is 0 Å². The van der Waals surface area contributed by atoms with Crippen molar-refractivity contribution in [1.82, 2.24) is 16.2 Å². The lowest BCUT2D eigenvalue weighted by molar-refractivity contribution is -0.124. The first kappa shape index (κ1) is 23.3. The first-order valence-corrected chi connectivity index (χ1v) is 9.88. The Labute approximate surface area is 188 Å². The van der Waals surface area contributed by atoms with E-state index in [2.05, 4.69) is 21.5 Å². The van der Waals surface area contributed by atoms with Crippen LogP contribution in [0.2, 0.25) is 10.0 Å². The monoisotopic (exact) mass is 464 g/mol. The highest BCUT2D eigenvalue weighted by atomic mass is 35.5. The molecule has 2 aromatic carbocycles. The molecule has 156 valence electrons. The number of hydrazine groups is 1. The van der Waals surface area contributed by atoms with Crippen molar-refractivity contribution in [2.75, 3.05) is 5.32 Å². The van der Waals surface area contributed by atoms with Gasteiger partial charge in [-0.1, -0.05) is 53.5 Å². The number of rotatable bonds is 6. The number of anilines is 1. The Morgan fingerprint density at radius 1 is 0.867 bits per heavy atom. The van der Waals surface area contributed by atoms with Gasteiger partial charge in [0.25, 0.3) is 0 Å². The Balaban J connectivity index is 1.68. The number of hydrogen-bond donors (Lipinski definition) is 4. The number of nitrogens with one attached hydrogen (secondary N) is 4. The van der Waals surface area contributed by atoms with Crippen LogP contribution in [0.15, 0.2) is 54.6 Å². The quantitative estimate of drug-likeness (QED) is 0.298. The Kier molecular flexibility index (Phi) is 9.27. The number of carbonyl (C=O) groups excluding carboxylic acids is 3. The van der Waals surface area contributed by atoms with Crippen LogP contribution in [0, 0.1) is 0 Å². The predicted octanol–water partition coefficient (Wildman–Crippen LogP) is 3.45. The molecule has 0 unspecified atom stereocenters. The van der Waals surface area contributed by atoms with Crippen molar-refractivity contribution in [2.45, 2.75) is 12.8 Å². The van der Waals surface area contributed by atoms with Gasteiger partial charge in [-0.05, 0) is 42.1 Å². The molecule has 10 heteroatoms. The average molecular weight is 465 g/mol. The molecule has 0 aromatic heterocycles. The number of halogens is 2. The first-order chi connectivity index (χ1) is 14.3. The van der Waals surface area contributed by atoms with Gasteiger partial charge in [0, 0.05) is 23.9 Å². The Hall–Kier alpha value is -2.94. The number of thiocarbonyl (C=S) groups is 1. The van der Waals surface area contributed by atoms with Crippen LogP contribution in [-0.2, 0) is 14.4 Å². The number of benzene rings is 2. The molecule has 0 fully saturated rings. The van der Waals surface area contributed by atoms with Gasteiger partial charge in [-0.25, -0.2) is 0 Å². The van der Waals surface area contributed by atoms with Crippen LogP contribution in [0.25, 0.3) is 6.08 Å². The zero-order chi connectivity index (χ0) is 21.9. The van der Waals surface area contributed by atoms with Crippen molar-refractivity contribution in [2.24, 2.45) is 0 Å². The summed E-state index contributed by atoms with van der Waals surface area (Å²) >= 11 is 16.9. The van der Waals surface area contributed by atoms with E-state index in [9.17, 15) is 14.4 Å². The Morgan fingerprint density at radius 3 is 2.20 bits per heavy atom. The van der Waals surface area contributed by atoms with Gasteiger partial charge in [-0.2, -0.15) is 0 Å². The van der Waals surface area contributed by atoms with E-state index in [1.807, 2.05) is 0 Å². The zero-order valence-electron chi connectivity index (χ0n) is 15.6. The number of amides is 3. The molecule has 0 saturated carbocycles. The standard InChI is InChI=1S/C20H18Cl2N4O3S/c21-14-6-2-1-5-13(14)9-10-18(28)24-20(30)26-25-19(29)12-11-17(27)23-16-8-4-3-7-15(16)22/h1-10H,11-12H2,(H,23,27)(H,25,29)(H2,24,26,28,30)/b10-9+. The summed E-state index contributed by atoms with van der Waals surface area (Å²) in [4.78, 5) is 35.6. The lowest BCUT2D eigenvalue weighted by Gasteiger charge is -2.10. The molecule has 0 heterocycles. The third-order valence-corrected chi connectivity index (χ3v) is 4.48. The molecule has 0 aliphatic carbocycles. The molecule has 30 heavy (non-hydrogen) atoms. The smallest absolute Gasteiger partial charge is 0.250 e. The van der Waals surface area contributed by atoms with Crippen LogP contribution in [0.3, 0.4) is 0 Å². The summed E-state index contributed by atoms with van der Waals surface area (Å²) in [6.07, 6.45) is 2.65. The van der Waals surface area contributed by atoms with Crippen LogP contribution >= 0.6 is 35.4 Å². The minimum absolute atomic E-state index is 0.0571. The summed E-state index contributed by atoms with van der Waals surface area (Å²) in [7, 11) is 0. The van der Waals surface area contributed by atoms with Crippen LogP contribution in [-0.4, -0.2) is 22.8 Å². The average Bonchev–Trinajstić information content (AvgIpc) is 2.72. The highest BCUT2D eigenvalue weighted by molar-refractivity contribution is 7.80. The molecular formula is C20H18Cl2N4O3S. The van der Waals surface area contributed by atoms with Crippen LogP contribution in [0.4, 0.5) is 5.69 Å². The molecule has 4 N–H and O–H groups in total. The number of hydrogen-bond acceptors (Lipinski definition) is 4. The summed E-state index contributed by atoms with van der Waals surface area (Å²) in [6, 6.07) is 13.8. The molecule has 3 amide bonds. The third-order valence-electron chi connectivity index (χ3n) is 3.60. The fourth-order valence-corrected chi connectivity index (χ4v) is 2.69. The molecule has 7 nitrogen and oxygen atoms in total. The number of para-hydroxylation sites is 1. The summed E-state index contributed by atoms with van der Waals surface area (Å²) in [5.74, 6) is -1.34. The molecule has 0 aliphatic heterocycles. The lowest BCUT2D eigenvalue weighted by atomic mass is 10.2. The summed E-state index contributed by atoms with van der Waals surface area (Å²) < 4.78 is 0. The van der Waals surface area contributed by atoms with E-state index in [0.29, 0.717) is 21.3 Å². The third kappa shape index (κ3) is 8.20. The molecule has 2 aromatic rings. The van der Waals surface area contributed by atoms with Gasteiger partial charge < -0.3 is 5.32 Å². The zero-order valence-corrected chi connectivity index (χ0v) is 17.9. The maximum Gasteiger partial charge on any atom is 0.250 e. The van der Waals surface area contributed by atoms with Gasteiger partial charge in [0.15, 0.2) is 5.11 Å². The second-order valence-electron chi connectivity index (χ2n) is 5.87. The van der Waals surface area contributed by atoms with Gasteiger partial charge in [-0.3, -0.25) is 30.6 Å². The molecule has 0 saturated heterocycles. The minimum atomic E-state index is -0.499. The molecule has 0 bridgehead atoms. The van der Waals surface area contributed by atoms with E-state index in [1.165, 1.54) is 12.2 Å². The molecule has 0 spiro atoms. The summed E-state index contributed by atoms with van der Waals surface area (Å²) in [5, 5.41) is 5.80. The van der Waals surface area contributed by atoms with E-state index in [0.717, 1.165) is 0 Å². The van der Waals surface area contributed by atoms with Gasteiger partial charge in [0.1, 0.15) is 0 Å². The van der Waals surface area contributed by atoms with Gasteiger partial charge in [-0.15, -0.1) is 0 Å². The van der Waals surface area contributed by atoms with E-state index in [4.69, 9.17) is 35.4 Å². The van der Waals surface area contributed by atoms with Crippen molar-refractivity contribution < 1.29 is 14.4 Å². The van der Waals surface area contributed by atoms with Crippen LogP contribution in [0.1, 0.15) is 18.4 Å². The molecular weight excluding hydrogens is 447 g/mol. The normalized spacial score (nSPS) is 10.3. The van der Waals surface area contributed by atoms with E-state index >= 15 is 0 Å². The second-order valence-corrected chi connectivity index (χ2v) is 7.10. The highest BCUT2D eigenvalue weighted by Crippen LogP contribution is 2.20. The van der Waals surface area contributed by atoms with Crippen molar-refractivity contribution in [3.8, 4) is 0 Å². The van der Waals surface area contributed by atoms with E-state index in [1.54, 1.807) is 48.5 Å². The second kappa shape index (κ2) is 11.9. The topological polar surface area (TPSA) is 99.3 Å². The minimum Gasteiger partial charge on any atom is -0.325 e. The summed E-state index contributed by atoms with van der Waals surface area (Å²) in [5.41, 5.74) is 5.84. The highest BCUT2D eigenvalue weighted by Gasteiger charge is 2.09. The van der Waals surface area contributed by atoms with Crippen molar-refractivity contribution in [1.29, 1.82) is 0 Å². The van der Waals surface area contributed by atoms with Crippen LogP contribution in [0.5, 0.6) is 0 Å². The van der Waals surface area contributed by atoms with Gasteiger partial charge in [0.2, 0.25) is 17.7 Å². The fourth-order valence-electron chi connectivity index (χ4n) is 2.15. The number of carbonyl (C=O) groups is 3. The van der Waals surface area contributed by atoms with Crippen LogP contribution < -0.4 is 21.5 Å². The van der Waals surface area contributed by atoms with Crippen molar-refractivity contribution >= 4 is 70.0 Å². The lowest BCUT2D eigenvalue weighted by Crippen LogP contribution is -2.48. The van der Waals surface area contributed by atoms with E-state index in [-0.39, 0.29) is 23.9 Å². The fraction of sp³-hybridized carbons (Fsp3) is 0.100. The Bertz CT molecular complexity index is 982. The molecule has 2 rings (SSSR count). The molecule has 0 aliphatic rings. The predicted molar refractivity (Wildman–Crippen MR) is 122 cm³/mol. The van der Waals surface area contributed by atoms with E-state index < -0.39 is 11.8 Å². The van der Waals surface area contributed by atoms with Crippen molar-refractivity contribution in [3.63, 3.8) is 0 Å². The van der Waals surface area contributed by atoms with Crippen molar-refractivity contribution in [3.05, 3.63) is 70.2 Å². The largest absolute Gasteiger partial charge is 0.325 e.